The summed E-state index contributed by atoms with van der Waals surface area (Å²) in [5.74, 6) is 0.0210. The number of allylic oxidation sites excluding steroid dienone is 1. The van der Waals surface area contributed by atoms with E-state index < -0.39 is 0 Å². The molecule has 26 heavy (non-hydrogen) atoms. The van der Waals surface area contributed by atoms with Gasteiger partial charge in [-0.3, -0.25) is 4.79 Å². The van der Waals surface area contributed by atoms with E-state index >= 15 is 0 Å². The molecule has 128 valence electrons. The van der Waals surface area contributed by atoms with Crippen LogP contribution >= 0.6 is 27.3 Å². The Balaban J connectivity index is 1.79. The molecule has 4 nitrogen and oxygen atoms in total. The molecule has 0 aliphatic rings. The lowest BCUT2D eigenvalue weighted by Gasteiger charge is -2.02. The summed E-state index contributed by atoms with van der Waals surface area (Å²) >= 11 is 4.88. The van der Waals surface area contributed by atoms with Crippen molar-refractivity contribution in [1.29, 1.82) is 5.26 Å². The van der Waals surface area contributed by atoms with Crippen LogP contribution in [0.15, 0.2) is 64.6 Å². The number of halogens is 1. The van der Waals surface area contributed by atoms with Crippen LogP contribution in [0, 0.1) is 11.3 Å². The number of hydrogen-bond acceptors (Lipinski definition) is 5. The highest BCUT2D eigenvalue weighted by Crippen LogP contribution is 2.27. The van der Waals surface area contributed by atoms with Crippen molar-refractivity contribution < 1.29 is 4.79 Å². The summed E-state index contributed by atoms with van der Waals surface area (Å²) in [6, 6.07) is 17.2. The molecule has 0 aliphatic heterocycles. The third kappa shape index (κ3) is 4.26. The van der Waals surface area contributed by atoms with Gasteiger partial charge >= 0.3 is 0 Å². The third-order valence-corrected chi connectivity index (χ3v) is 5.02. The first-order chi connectivity index (χ1) is 12.6. The van der Waals surface area contributed by atoms with Gasteiger partial charge in [0.15, 0.2) is 5.78 Å². The number of nitrogens with one attached hydrogen (secondary N) is 1. The first-order valence-corrected chi connectivity index (χ1v) is 9.44. The van der Waals surface area contributed by atoms with Crippen molar-refractivity contribution >= 4 is 44.3 Å². The number of benzene rings is 2. The van der Waals surface area contributed by atoms with Crippen molar-refractivity contribution in [2.45, 2.75) is 6.92 Å². The molecule has 0 saturated heterocycles. The maximum Gasteiger partial charge on any atom is 0.159 e. The number of hydrogen-bond donors (Lipinski definition) is 1. The zero-order valence-corrected chi connectivity index (χ0v) is 16.3. The third-order valence-electron chi connectivity index (χ3n) is 3.65. The van der Waals surface area contributed by atoms with E-state index in [1.807, 2.05) is 29.6 Å². The van der Waals surface area contributed by atoms with Crippen LogP contribution in [0.4, 0.5) is 5.69 Å². The summed E-state index contributed by atoms with van der Waals surface area (Å²) in [7, 11) is 0. The van der Waals surface area contributed by atoms with Gasteiger partial charge in [-0.1, -0.05) is 28.1 Å². The number of Topliss-reactive ketones (excluding diaryl/α,β-unsaturated/α-hetero) is 1. The van der Waals surface area contributed by atoms with Crippen LogP contribution in [0.3, 0.4) is 0 Å². The van der Waals surface area contributed by atoms with E-state index in [0.29, 0.717) is 16.1 Å². The molecular weight excluding hydrogens is 410 g/mol. The first-order valence-electron chi connectivity index (χ1n) is 7.76. The average Bonchev–Trinajstić information content (AvgIpc) is 3.13. The van der Waals surface area contributed by atoms with E-state index in [1.165, 1.54) is 18.3 Å². The van der Waals surface area contributed by atoms with Gasteiger partial charge in [-0.2, -0.15) is 5.26 Å². The van der Waals surface area contributed by atoms with Gasteiger partial charge in [0.2, 0.25) is 0 Å². The van der Waals surface area contributed by atoms with Crippen molar-refractivity contribution in [2.24, 2.45) is 0 Å². The SMILES string of the molecule is CC(=O)c1ccc(NC=C(C#N)c2nc(-c3cccc(Br)c3)cs2)cc1. The Bertz CT molecular complexity index is 1020. The van der Waals surface area contributed by atoms with Gasteiger partial charge in [0.05, 0.1) is 5.69 Å². The molecule has 2 aromatic carbocycles. The summed E-state index contributed by atoms with van der Waals surface area (Å²) in [4.78, 5) is 15.9. The number of thiazole rings is 1. The quantitative estimate of drug-likeness (QED) is 0.418. The molecule has 0 unspecified atom stereocenters. The summed E-state index contributed by atoms with van der Waals surface area (Å²) in [5, 5.41) is 15.1. The zero-order valence-electron chi connectivity index (χ0n) is 13.9. The Morgan fingerprint density at radius 1 is 1.27 bits per heavy atom. The molecule has 0 radical (unpaired) electrons. The minimum absolute atomic E-state index is 0.0210. The summed E-state index contributed by atoms with van der Waals surface area (Å²) in [5.41, 5.74) is 3.72. The van der Waals surface area contributed by atoms with Crippen LogP contribution in [0.25, 0.3) is 16.8 Å². The van der Waals surface area contributed by atoms with E-state index in [4.69, 9.17) is 0 Å². The molecule has 0 bridgehead atoms. The van der Waals surface area contributed by atoms with Crippen LogP contribution in [-0.4, -0.2) is 10.8 Å². The maximum atomic E-state index is 11.3. The largest absolute Gasteiger partial charge is 0.360 e. The number of anilines is 1. The molecule has 3 aromatic rings. The van der Waals surface area contributed by atoms with Gasteiger partial charge in [0.25, 0.3) is 0 Å². The molecule has 3 rings (SSSR count). The monoisotopic (exact) mass is 423 g/mol. The van der Waals surface area contributed by atoms with Gasteiger partial charge in [-0.05, 0) is 43.3 Å². The molecule has 1 heterocycles. The number of carbonyl (C=O) groups excluding carboxylic acids is 1. The lowest BCUT2D eigenvalue weighted by molar-refractivity contribution is 0.101. The van der Waals surface area contributed by atoms with Crippen LogP contribution in [0.1, 0.15) is 22.3 Å². The number of carbonyl (C=O) groups is 1. The predicted octanol–water partition coefficient (Wildman–Crippen LogP) is 5.75. The van der Waals surface area contributed by atoms with Gasteiger partial charge in [-0.25, -0.2) is 4.98 Å². The Morgan fingerprint density at radius 2 is 2.04 bits per heavy atom. The van der Waals surface area contributed by atoms with Crippen molar-refractivity contribution in [1.82, 2.24) is 4.98 Å². The second-order valence-electron chi connectivity index (χ2n) is 5.50. The average molecular weight is 424 g/mol. The van der Waals surface area contributed by atoms with Gasteiger partial charge < -0.3 is 5.32 Å². The van der Waals surface area contributed by atoms with Crippen molar-refractivity contribution in [3.05, 3.63) is 75.2 Å². The van der Waals surface area contributed by atoms with Gasteiger partial charge in [-0.15, -0.1) is 11.3 Å². The lowest BCUT2D eigenvalue weighted by atomic mass is 10.1. The topological polar surface area (TPSA) is 65.8 Å². The first kappa shape index (κ1) is 18.1. The number of aromatic nitrogens is 1. The van der Waals surface area contributed by atoms with E-state index in [1.54, 1.807) is 30.5 Å². The molecule has 0 amide bonds. The molecule has 0 fully saturated rings. The smallest absolute Gasteiger partial charge is 0.159 e. The standard InChI is InChI=1S/C20H14BrN3OS/c1-13(25)14-5-7-18(8-6-14)23-11-16(10-22)20-24-19(12-26-20)15-3-2-4-17(21)9-15/h2-9,11-12,23H,1H3. The Hall–Kier alpha value is -2.75. The predicted molar refractivity (Wildman–Crippen MR) is 109 cm³/mol. The van der Waals surface area contributed by atoms with Gasteiger partial charge in [0.1, 0.15) is 16.6 Å². The zero-order chi connectivity index (χ0) is 18.5. The molecule has 1 aromatic heterocycles. The van der Waals surface area contributed by atoms with Gasteiger partial charge in [0, 0.05) is 32.9 Å². The second kappa shape index (κ2) is 8.09. The molecular formula is C20H14BrN3OS. The van der Waals surface area contributed by atoms with E-state index in [9.17, 15) is 10.1 Å². The van der Waals surface area contributed by atoms with Crippen molar-refractivity contribution in [3.8, 4) is 17.3 Å². The van der Waals surface area contributed by atoms with Crippen molar-refractivity contribution in [3.63, 3.8) is 0 Å². The number of rotatable bonds is 5. The molecule has 0 saturated carbocycles. The number of nitriles is 1. The maximum absolute atomic E-state index is 11.3. The lowest BCUT2D eigenvalue weighted by Crippen LogP contribution is -1.94. The molecule has 1 N–H and O–H groups in total. The molecule has 0 spiro atoms. The second-order valence-corrected chi connectivity index (χ2v) is 7.27. The highest BCUT2D eigenvalue weighted by atomic mass is 79.9. The van der Waals surface area contributed by atoms with Crippen LogP contribution in [-0.2, 0) is 0 Å². The Morgan fingerprint density at radius 3 is 2.69 bits per heavy atom. The van der Waals surface area contributed by atoms with E-state index in [2.05, 4.69) is 32.3 Å². The van der Waals surface area contributed by atoms with E-state index in [-0.39, 0.29) is 5.78 Å². The minimum atomic E-state index is 0.0210. The van der Waals surface area contributed by atoms with E-state index in [0.717, 1.165) is 21.4 Å². The number of nitrogens with zero attached hydrogens (tertiary/aromatic N) is 2. The Labute approximate surface area is 164 Å². The Kier molecular flexibility index (Phi) is 5.61. The summed E-state index contributed by atoms with van der Waals surface area (Å²) in [6.07, 6.45) is 1.63. The summed E-state index contributed by atoms with van der Waals surface area (Å²) < 4.78 is 0.983. The summed E-state index contributed by atoms with van der Waals surface area (Å²) in [6.45, 7) is 1.53. The highest BCUT2D eigenvalue weighted by Gasteiger charge is 2.09. The molecule has 0 aliphatic carbocycles. The van der Waals surface area contributed by atoms with Crippen LogP contribution < -0.4 is 5.32 Å². The van der Waals surface area contributed by atoms with Crippen molar-refractivity contribution in [2.75, 3.05) is 5.32 Å². The fraction of sp³-hybridized carbons (Fsp3) is 0.0500. The fourth-order valence-electron chi connectivity index (χ4n) is 2.28. The van der Waals surface area contributed by atoms with Crippen LogP contribution in [0.2, 0.25) is 0 Å². The fourth-order valence-corrected chi connectivity index (χ4v) is 3.47. The molecule has 0 atom stereocenters. The highest BCUT2D eigenvalue weighted by molar-refractivity contribution is 9.10. The normalized spacial score (nSPS) is 11.0. The van der Waals surface area contributed by atoms with Crippen LogP contribution in [0.5, 0.6) is 0 Å². The molecule has 6 heteroatoms. The number of ketones is 1. The minimum Gasteiger partial charge on any atom is -0.360 e.